The summed E-state index contributed by atoms with van der Waals surface area (Å²) in [5.74, 6) is -0.0625. The van der Waals surface area contributed by atoms with Gasteiger partial charge >= 0.3 is 5.69 Å². The minimum absolute atomic E-state index is 0.0433. The molecule has 1 aliphatic rings. The Kier molecular flexibility index (Phi) is 3.72. The van der Waals surface area contributed by atoms with Gasteiger partial charge < -0.3 is 14.9 Å². The van der Waals surface area contributed by atoms with Gasteiger partial charge in [0.05, 0.1) is 17.6 Å². The van der Waals surface area contributed by atoms with Crippen LogP contribution >= 0.6 is 11.3 Å². The van der Waals surface area contributed by atoms with Crippen LogP contribution in [-0.4, -0.2) is 47.5 Å². The van der Waals surface area contributed by atoms with Gasteiger partial charge in [-0.2, -0.15) is 0 Å². The van der Waals surface area contributed by atoms with Gasteiger partial charge in [0.2, 0.25) is 5.91 Å². The molecule has 0 aliphatic carbocycles. The molecule has 1 aliphatic heterocycles. The SMILES string of the molecule is CC(O)c1cc([N+](=O)[O-])c(N2CCN(C)C(=O)C2)s1. The molecule has 19 heavy (non-hydrogen) atoms. The number of carbonyl (C=O) groups excluding carboxylic acids is 1. The summed E-state index contributed by atoms with van der Waals surface area (Å²) in [5, 5.41) is 21.0. The minimum Gasteiger partial charge on any atom is -0.388 e. The Morgan fingerprint density at radius 3 is 2.74 bits per heavy atom. The van der Waals surface area contributed by atoms with Crippen LogP contribution in [-0.2, 0) is 4.79 Å². The second kappa shape index (κ2) is 5.14. The minimum atomic E-state index is -0.749. The highest BCUT2D eigenvalue weighted by Crippen LogP contribution is 2.40. The zero-order valence-corrected chi connectivity index (χ0v) is 11.5. The average molecular weight is 285 g/mol. The molecule has 1 saturated heterocycles. The van der Waals surface area contributed by atoms with E-state index in [4.69, 9.17) is 0 Å². The van der Waals surface area contributed by atoms with Crippen LogP contribution < -0.4 is 4.90 Å². The lowest BCUT2D eigenvalue weighted by Crippen LogP contribution is -2.48. The maximum absolute atomic E-state index is 11.7. The molecule has 8 heteroatoms. The van der Waals surface area contributed by atoms with Crippen molar-refractivity contribution in [3.05, 3.63) is 21.1 Å². The van der Waals surface area contributed by atoms with E-state index in [0.29, 0.717) is 23.0 Å². The van der Waals surface area contributed by atoms with Crippen LogP contribution in [0.5, 0.6) is 0 Å². The lowest BCUT2D eigenvalue weighted by atomic mass is 10.3. The summed E-state index contributed by atoms with van der Waals surface area (Å²) in [6.07, 6.45) is -0.749. The lowest BCUT2D eigenvalue weighted by molar-refractivity contribution is -0.383. The van der Waals surface area contributed by atoms with Crippen LogP contribution in [0.3, 0.4) is 0 Å². The van der Waals surface area contributed by atoms with Crippen molar-refractivity contribution in [2.45, 2.75) is 13.0 Å². The Morgan fingerprint density at radius 1 is 1.53 bits per heavy atom. The van der Waals surface area contributed by atoms with Crippen molar-refractivity contribution in [3.63, 3.8) is 0 Å². The number of anilines is 1. The van der Waals surface area contributed by atoms with Crippen LogP contribution in [0.2, 0.25) is 0 Å². The first-order valence-corrected chi connectivity index (χ1v) is 6.67. The Bertz CT molecular complexity index is 514. The van der Waals surface area contributed by atoms with Gasteiger partial charge in [0, 0.05) is 31.1 Å². The second-order valence-electron chi connectivity index (χ2n) is 4.51. The Morgan fingerprint density at radius 2 is 2.21 bits per heavy atom. The van der Waals surface area contributed by atoms with Crippen LogP contribution in [0, 0.1) is 10.1 Å². The van der Waals surface area contributed by atoms with Gasteiger partial charge in [-0.05, 0) is 6.92 Å². The standard InChI is InChI=1S/C11H15N3O4S/c1-7(15)9-5-8(14(17)18)11(19-9)13-4-3-12(2)10(16)6-13/h5,7,15H,3-4,6H2,1-2H3. The predicted octanol–water partition coefficient (Wildman–Crippen LogP) is 0.988. The van der Waals surface area contributed by atoms with E-state index in [0.717, 1.165) is 0 Å². The fourth-order valence-electron chi connectivity index (χ4n) is 1.88. The van der Waals surface area contributed by atoms with Gasteiger partial charge in [0.1, 0.15) is 0 Å². The summed E-state index contributed by atoms with van der Waals surface area (Å²) >= 11 is 1.17. The maximum atomic E-state index is 11.7. The Labute approximate surface area is 114 Å². The molecule has 7 nitrogen and oxygen atoms in total. The zero-order chi connectivity index (χ0) is 14.2. The third-order valence-electron chi connectivity index (χ3n) is 3.07. The summed E-state index contributed by atoms with van der Waals surface area (Å²) in [4.78, 5) is 26.1. The summed E-state index contributed by atoms with van der Waals surface area (Å²) < 4.78 is 0. The van der Waals surface area contributed by atoms with Crippen LogP contribution in [0.15, 0.2) is 6.07 Å². The first kappa shape index (κ1) is 13.8. The second-order valence-corrected chi connectivity index (χ2v) is 5.57. The third kappa shape index (κ3) is 2.69. The maximum Gasteiger partial charge on any atom is 0.304 e. The first-order chi connectivity index (χ1) is 8.90. The van der Waals surface area contributed by atoms with Gasteiger partial charge in [-0.15, -0.1) is 11.3 Å². The number of likely N-dealkylation sites (N-methyl/N-ethyl adjacent to an activating group) is 1. The molecule has 0 bridgehead atoms. The van der Waals surface area contributed by atoms with Crippen LogP contribution in [0.25, 0.3) is 0 Å². The Hall–Kier alpha value is -1.67. The van der Waals surface area contributed by atoms with Gasteiger partial charge in [-0.25, -0.2) is 0 Å². The number of thiophene rings is 1. The molecule has 1 N–H and O–H groups in total. The number of aliphatic hydroxyl groups excluding tert-OH is 1. The van der Waals surface area contributed by atoms with Gasteiger partial charge in [0.25, 0.3) is 0 Å². The largest absolute Gasteiger partial charge is 0.388 e. The molecule has 0 saturated carbocycles. The summed E-state index contributed by atoms with van der Waals surface area (Å²) in [5.41, 5.74) is -0.0433. The molecule has 1 fully saturated rings. The number of nitro groups is 1. The van der Waals surface area contributed by atoms with E-state index in [1.807, 2.05) is 0 Å². The van der Waals surface area contributed by atoms with E-state index < -0.39 is 11.0 Å². The molecule has 1 aromatic rings. The molecule has 0 aromatic carbocycles. The topological polar surface area (TPSA) is 86.9 Å². The first-order valence-electron chi connectivity index (χ1n) is 5.85. The van der Waals surface area contributed by atoms with Crippen molar-refractivity contribution >= 4 is 27.9 Å². The molecule has 2 heterocycles. The van der Waals surface area contributed by atoms with Crippen molar-refractivity contribution in [1.82, 2.24) is 4.90 Å². The van der Waals surface area contributed by atoms with E-state index in [-0.39, 0.29) is 18.1 Å². The van der Waals surface area contributed by atoms with E-state index >= 15 is 0 Å². The smallest absolute Gasteiger partial charge is 0.304 e. The number of hydrogen-bond donors (Lipinski definition) is 1. The number of carbonyl (C=O) groups is 1. The zero-order valence-electron chi connectivity index (χ0n) is 10.7. The Balaban J connectivity index is 2.33. The number of rotatable bonds is 3. The summed E-state index contributed by atoms with van der Waals surface area (Å²) in [6, 6.07) is 1.38. The fourth-order valence-corrected chi connectivity index (χ4v) is 2.97. The molecular weight excluding hydrogens is 270 g/mol. The van der Waals surface area contributed by atoms with Crippen molar-refractivity contribution in [3.8, 4) is 0 Å². The average Bonchev–Trinajstić information content (AvgIpc) is 2.78. The molecule has 0 radical (unpaired) electrons. The third-order valence-corrected chi connectivity index (χ3v) is 4.42. The van der Waals surface area contributed by atoms with Crippen molar-refractivity contribution < 1.29 is 14.8 Å². The van der Waals surface area contributed by atoms with Gasteiger partial charge in [0.15, 0.2) is 5.00 Å². The van der Waals surface area contributed by atoms with Crippen LogP contribution in [0.1, 0.15) is 17.9 Å². The quantitative estimate of drug-likeness (QED) is 0.661. The predicted molar refractivity (Wildman–Crippen MR) is 71.5 cm³/mol. The number of piperazine rings is 1. The molecule has 104 valence electrons. The molecular formula is C11H15N3O4S. The summed E-state index contributed by atoms with van der Waals surface area (Å²) in [7, 11) is 1.71. The van der Waals surface area contributed by atoms with E-state index in [2.05, 4.69) is 0 Å². The van der Waals surface area contributed by atoms with E-state index in [9.17, 15) is 20.0 Å². The highest BCUT2D eigenvalue weighted by atomic mass is 32.1. The van der Waals surface area contributed by atoms with Gasteiger partial charge in [-0.3, -0.25) is 14.9 Å². The summed E-state index contributed by atoms with van der Waals surface area (Å²) in [6.45, 7) is 2.80. The number of amides is 1. The van der Waals surface area contributed by atoms with Crippen LogP contribution in [0.4, 0.5) is 10.7 Å². The van der Waals surface area contributed by atoms with E-state index in [1.165, 1.54) is 17.4 Å². The monoisotopic (exact) mass is 285 g/mol. The molecule has 2 rings (SSSR count). The highest BCUT2D eigenvalue weighted by Gasteiger charge is 2.29. The highest BCUT2D eigenvalue weighted by molar-refractivity contribution is 7.16. The van der Waals surface area contributed by atoms with Crippen molar-refractivity contribution in [1.29, 1.82) is 0 Å². The number of aliphatic hydroxyl groups is 1. The number of nitrogens with zero attached hydrogens (tertiary/aromatic N) is 3. The van der Waals surface area contributed by atoms with E-state index in [1.54, 1.807) is 23.8 Å². The molecule has 1 atom stereocenters. The van der Waals surface area contributed by atoms with Gasteiger partial charge in [-0.1, -0.05) is 0 Å². The molecule has 1 aromatic heterocycles. The molecule has 0 spiro atoms. The van der Waals surface area contributed by atoms with Crippen molar-refractivity contribution in [2.24, 2.45) is 0 Å². The van der Waals surface area contributed by atoms with Crippen molar-refractivity contribution in [2.75, 3.05) is 31.6 Å². The fraction of sp³-hybridized carbons (Fsp3) is 0.545. The normalized spacial score (nSPS) is 17.7. The molecule has 1 amide bonds. The lowest BCUT2D eigenvalue weighted by Gasteiger charge is -2.32. The molecule has 1 unspecified atom stereocenters. The number of hydrogen-bond acceptors (Lipinski definition) is 6.